The summed E-state index contributed by atoms with van der Waals surface area (Å²) in [5.74, 6) is -0.103. The van der Waals surface area contributed by atoms with Gasteiger partial charge in [-0.25, -0.2) is 4.79 Å². The van der Waals surface area contributed by atoms with Gasteiger partial charge in [0.1, 0.15) is 19.2 Å². The number of nitrogens with one attached hydrogen (secondary N) is 2. The quantitative estimate of drug-likeness (QED) is 0.551. The Hall–Kier alpha value is -2.98. The lowest BCUT2D eigenvalue weighted by Crippen LogP contribution is -2.48. The second kappa shape index (κ2) is 10.8. The topological polar surface area (TPSA) is 91.2 Å². The lowest BCUT2D eigenvalue weighted by Gasteiger charge is -2.17. The first-order valence-corrected chi connectivity index (χ1v) is 8.97. The van der Waals surface area contributed by atoms with Gasteiger partial charge in [0.2, 0.25) is 5.91 Å². The van der Waals surface area contributed by atoms with Crippen molar-refractivity contribution in [3.63, 3.8) is 0 Å². The summed E-state index contributed by atoms with van der Waals surface area (Å²) in [6.45, 7) is -0.00286. The van der Waals surface area contributed by atoms with E-state index in [2.05, 4.69) is 10.6 Å². The van der Waals surface area contributed by atoms with Crippen molar-refractivity contribution in [2.24, 2.45) is 0 Å². The molecular weight excluding hydrogens is 350 g/mol. The molecule has 0 aliphatic rings. The fourth-order valence-electron chi connectivity index (χ4n) is 2.04. The maximum Gasteiger partial charge on any atom is 0.408 e. The van der Waals surface area contributed by atoms with E-state index in [1.165, 1.54) is 11.8 Å². The van der Waals surface area contributed by atoms with Crippen LogP contribution < -0.4 is 10.6 Å². The van der Waals surface area contributed by atoms with E-state index in [-0.39, 0.29) is 13.2 Å². The Labute approximate surface area is 156 Å². The van der Waals surface area contributed by atoms with Crippen molar-refractivity contribution >= 4 is 23.8 Å². The van der Waals surface area contributed by atoms with Gasteiger partial charge in [-0.3, -0.25) is 4.79 Å². The average molecular weight is 369 g/mol. The molecule has 2 aromatic carbocycles. The molecule has 2 amide bonds. The van der Waals surface area contributed by atoms with Crippen LogP contribution >= 0.6 is 11.8 Å². The molecule has 134 valence electrons. The van der Waals surface area contributed by atoms with Crippen molar-refractivity contribution in [3.05, 3.63) is 66.2 Å². The van der Waals surface area contributed by atoms with Crippen LogP contribution in [0.3, 0.4) is 0 Å². The summed E-state index contributed by atoms with van der Waals surface area (Å²) in [5, 5.41) is 13.6. The minimum Gasteiger partial charge on any atom is -0.445 e. The Morgan fingerprint density at radius 1 is 1.08 bits per heavy atom. The Bertz CT molecular complexity index is 748. The second-order valence-corrected chi connectivity index (χ2v) is 6.35. The Balaban J connectivity index is 1.90. The van der Waals surface area contributed by atoms with Crippen molar-refractivity contribution in [1.29, 1.82) is 5.26 Å². The number of rotatable bonds is 8. The molecule has 2 aromatic rings. The van der Waals surface area contributed by atoms with Crippen LogP contribution in [0.25, 0.3) is 0 Å². The predicted octanol–water partition coefficient (Wildman–Crippen LogP) is 2.71. The zero-order valence-electron chi connectivity index (χ0n) is 14.1. The molecule has 2 rings (SSSR count). The first kappa shape index (κ1) is 19.3. The molecule has 2 N–H and O–H groups in total. The maximum absolute atomic E-state index is 12.2. The molecule has 0 saturated heterocycles. The molecule has 0 aliphatic carbocycles. The molecule has 0 fully saturated rings. The molecule has 0 aromatic heterocycles. The summed E-state index contributed by atoms with van der Waals surface area (Å²) in [5.41, 5.74) is 0.854. The number of hydrogen-bond acceptors (Lipinski definition) is 5. The highest BCUT2D eigenvalue weighted by molar-refractivity contribution is 7.99. The molecule has 1 atom stereocenters. The van der Waals surface area contributed by atoms with Gasteiger partial charge in [-0.15, -0.1) is 11.8 Å². The molecule has 0 bridgehead atoms. The van der Waals surface area contributed by atoms with E-state index in [1.807, 2.05) is 66.7 Å². The van der Waals surface area contributed by atoms with Crippen LogP contribution in [-0.4, -0.2) is 30.3 Å². The summed E-state index contributed by atoms with van der Waals surface area (Å²) in [7, 11) is 0. The lowest BCUT2D eigenvalue weighted by atomic mass is 10.2. The number of alkyl carbamates (subject to hydrolysis) is 1. The number of amides is 2. The maximum atomic E-state index is 12.2. The fraction of sp³-hybridized carbons (Fsp3) is 0.211. The number of ether oxygens (including phenoxy) is 1. The highest BCUT2D eigenvalue weighted by Gasteiger charge is 2.21. The third kappa shape index (κ3) is 6.87. The van der Waals surface area contributed by atoms with Crippen molar-refractivity contribution < 1.29 is 14.3 Å². The zero-order chi connectivity index (χ0) is 18.6. The summed E-state index contributed by atoms with van der Waals surface area (Å²) in [6.07, 6.45) is -0.681. The van der Waals surface area contributed by atoms with Gasteiger partial charge in [0, 0.05) is 10.6 Å². The first-order valence-electron chi connectivity index (χ1n) is 7.99. The van der Waals surface area contributed by atoms with Crippen molar-refractivity contribution in [1.82, 2.24) is 10.6 Å². The van der Waals surface area contributed by atoms with Crippen LogP contribution in [0, 0.1) is 11.3 Å². The van der Waals surface area contributed by atoms with E-state index >= 15 is 0 Å². The number of nitrogens with zero attached hydrogens (tertiary/aromatic N) is 1. The lowest BCUT2D eigenvalue weighted by molar-refractivity contribution is -0.122. The molecule has 0 spiro atoms. The van der Waals surface area contributed by atoms with E-state index in [0.29, 0.717) is 5.75 Å². The Morgan fingerprint density at radius 3 is 2.38 bits per heavy atom. The SMILES string of the molecule is N#CCNC(=O)[C@H](CSc1ccccc1)NC(=O)OCc1ccccc1. The molecule has 0 unspecified atom stereocenters. The van der Waals surface area contributed by atoms with Gasteiger partial charge in [0.15, 0.2) is 0 Å². The van der Waals surface area contributed by atoms with Crippen molar-refractivity contribution in [2.45, 2.75) is 17.5 Å². The zero-order valence-corrected chi connectivity index (χ0v) is 14.9. The number of hydrogen-bond donors (Lipinski definition) is 2. The largest absolute Gasteiger partial charge is 0.445 e. The summed E-state index contributed by atoms with van der Waals surface area (Å²) < 4.78 is 5.16. The Morgan fingerprint density at radius 2 is 1.73 bits per heavy atom. The van der Waals surface area contributed by atoms with Crippen LogP contribution in [0.15, 0.2) is 65.6 Å². The predicted molar refractivity (Wildman–Crippen MR) is 99.3 cm³/mol. The number of nitriles is 1. The molecule has 26 heavy (non-hydrogen) atoms. The van der Waals surface area contributed by atoms with Gasteiger partial charge in [-0.1, -0.05) is 48.5 Å². The minimum absolute atomic E-state index is 0.116. The monoisotopic (exact) mass is 369 g/mol. The van der Waals surface area contributed by atoms with Gasteiger partial charge < -0.3 is 15.4 Å². The normalized spacial score (nSPS) is 11.0. The number of carbonyl (C=O) groups excluding carboxylic acids is 2. The van der Waals surface area contributed by atoms with Crippen molar-refractivity contribution in [2.75, 3.05) is 12.3 Å². The van der Waals surface area contributed by atoms with Gasteiger partial charge in [0.25, 0.3) is 0 Å². The van der Waals surface area contributed by atoms with E-state index in [0.717, 1.165) is 10.5 Å². The van der Waals surface area contributed by atoms with Gasteiger partial charge in [0.05, 0.1) is 6.07 Å². The Kier molecular flexibility index (Phi) is 8.03. The number of benzene rings is 2. The number of carbonyl (C=O) groups is 2. The van der Waals surface area contributed by atoms with Crippen LogP contribution in [0.1, 0.15) is 5.56 Å². The molecular formula is C19H19N3O3S. The molecule has 7 heteroatoms. The first-order chi connectivity index (χ1) is 12.7. The van der Waals surface area contributed by atoms with Crippen LogP contribution in [0.5, 0.6) is 0 Å². The van der Waals surface area contributed by atoms with Gasteiger partial charge in [-0.05, 0) is 17.7 Å². The highest BCUT2D eigenvalue weighted by atomic mass is 32.2. The molecule has 0 radical (unpaired) electrons. The summed E-state index contributed by atoms with van der Waals surface area (Å²) in [4.78, 5) is 25.2. The standard InChI is InChI=1S/C19H19N3O3S/c20-11-12-21-18(23)17(14-26-16-9-5-2-6-10-16)22-19(24)25-13-15-7-3-1-4-8-15/h1-10,17H,12-14H2,(H,21,23)(H,22,24)/t17-/m0/s1. The molecule has 0 heterocycles. The fourth-order valence-corrected chi connectivity index (χ4v) is 2.98. The highest BCUT2D eigenvalue weighted by Crippen LogP contribution is 2.18. The summed E-state index contributed by atoms with van der Waals surface area (Å²) >= 11 is 1.43. The van der Waals surface area contributed by atoms with Crippen LogP contribution in [-0.2, 0) is 16.1 Å². The van der Waals surface area contributed by atoms with Crippen LogP contribution in [0.2, 0.25) is 0 Å². The van der Waals surface area contributed by atoms with E-state index in [4.69, 9.17) is 10.00 Å². The third-order valence-electron chi connectivity index (χ3n) is 3.32. The second-order valence-electron chi connectivity index (χ2n) is 5.26. The summed E-state index contributed by atoms with van der Waals surface area (Å²) in [6, 6.07) is 19.8. The molecule has 0 aliphatic heterocycles. The van der Waals surface area contributed by atoms with E-state index in [1.54, 1.807) is 0 Å². The number of thioether (sulfide) groups is 1. The smallest absolute Gasteiger partial charge is 0.408 e. The molecule has 6 nitrogen and oxygen atoms in total. The van der Waals surface area contributed by atoms with E-state index in [9.17, 15) is 9.59 Å². The van der Waals surface area contributed by atoms with Crippen molar-refractivity contribution in [3.8, 4) is 6.07 Å². The third-order valence-corrected chi connectivity index (χ3v) is 4.43. The minimum atomic E-state index is -0.808. The van der Waals surface area contributed by atoms with E-state index < -0.39 is 18.0 Å². The van der Waals surface area contributed by atoms with Gasteiger partial charge >= 0.3 is 6.09 Å². The van der Waals surface area contributed by atoms with Crippen LogP contribution in [0.4, 0.5) is 4.79 Å². The average Bonchev–Trinajstić information content (AvgIpc) is 2.69. The van der Waals surface area contributed by atoms with Gasteiger partial charge in [-0.2, -0.15) is 5.26 Å². The molecule has 0 saturated carbocycles.